The minimum atomic E-state index is -0.443. The summed E-state index contributed by atoms with van der Waals surface area (Å²) in [6.45, 7) is 0.134. The standard InChI is InChI=1S/C33H30FN3O3/c1-40-27-19-17-25(18-20-27)31-16-9-21-36(23-32(38)37(31)22-26-12-5-7-14-29(26)34)33(39)35-30-15-8-6-13-28(30)24-10-3-2-4-11-24/h2-20,31H,21-23H2,1H3,(H,35,39)/b16-9-. The fourth-order valence-corrected chi connectivity index (χ4v) is 4.79. The summed E-state index contributed by atoms with van der Waals surface area (Å²) < 4.78 is 19.9. The predicted molar refractivity (Wildman–Crippen MR) is 154 cm³/mol. The van der Waals surface area contributed by atoms with Gasteiger partial charge >= 0.3 is 6.03 Å². The molecule has 0 saturated heterocycles. The summed E-state index contributed by atoms with van der Waals surface area (Å²) in [5.41, 5.74) is 3.76. The number of anilines is 1. The van der Waals surface area contributed by atoms with Crippen molar-refractivity contribution in [1.82, 2.24) is 9.80 Å². The number of hydrogen-bond donors (Lipinski definition) is 1. The van der Waals surface area contributed by atoms with Crippen molar-refractivity contribution in [3.05, 3.63) is 132 Å². The number of ether oxygens (including phenoxy) is 1. The van der Waals surface area contributed by atoms with Gasteiger partial charge in [-0.3, -0.25) is 4.79 Å². The minimum absolute atomic E-state index is 0.0544. The third kappa shape index (κ3) is 6.04. The van der Waals surface area contributed by atoms with E-state index in [0.29, 0.717) is 17.0 Å². The number of rotatable bonds is 6. The van der Waals surface area contributed by atoms with Gasteiger partial charge in [-0.1, -0.05) is 91.0 Å². The van der Waals surface area contributed by atoms with Crippen LogP contribution in [0.15, 0.2) is 115 Å². The highest BCUT2D eigenvalue weighted by Gasteiger charge is 2.29. The molecule has 0 bridgehead atoms. The van der Waals surface area contributed by atoms with Gasteiger partial charge in [-0.05, 0) is 35.4 Å². The Morgan fingerprint density at radius 2 is 1.62 bits per heavy atom. The third-order valence-electron chi connectivity index (χ3n) is 6.92. The van der Waals surface area contributed by atoms with Crippen LogP contribution in [0.4, 0.5) is 14.9 Å². The zero-order valence-corrected chi connectivity index (χ0v) is 22.2. The molecular formula is C33H30FN3O3. The van der Waals surface area contributed by atoms with Gasteiger partial charge in [-0.2, -0.15) is 0 Å². The van der Waals surface area contributed by atoms with Gasteiger partial charge in [0.25, 0.3) is 0 Å². The number of carbonyl (C=O) groups is 2. The first-order chi connectivity index (χ1) is 19.5. The molecule has 0 radical (unpaired) electrons. The Morgan fingerprint density at radius 1 is 0.925 bits per heavy atom. The number of nitrogens with one attached hydrogen (secondary N) is 1. The second-order valence-electron chi connectivity index (χ2n) is 9.48. The second-order valence-corrected chi connectivity index (χ2v) is 9.48. The molecule has 0 saturated carbocycles. The van der Waals surface area contributed by atoms with E-state index in [1.54, 1.807) is 30.2 Å². The van der Waals surface area contributed by atoms with Crippen molar-refractivity contribution in [3.8, 4) is 16.9 Å². The number of para-hydroxylation sites is 1. The molecule has 4 aromatic carbocycles. The van der Waals surface area contributed by atoms with Crippen molar-refractivity contribution in [2.45, 2.75) is 12.6 Å². The second kappa shape index (κ2) is 12.3. The monoisotopic (exact) mass is 535 g/mol. The van der Waals surface area contributed by atoms with E-state index in [4.69, 9.17) is 4.74 Å². The number of urea groups is 1. The largest absolute Gasteiger partial charge is 0.497 e. The number of methoxy groups -OCH3 is 1. The van der Waals surface area contributed by atoms with Gasteiger partial charge in [0.15, 0.2) is 0 Å². The van der Waals surface area contributed by atoms with Crippen molar-refractivity contribution >= 4 is 17.6 Å². The number of benzene rings is 4. The summed E-state index contributed by atoms with van der Waals surface area (Å²) in [6, 6.07) is 30.4. The van der Waals surface area contributed by atoms with Crippen LogP contribution in [0.1, 0.15) is 17.2 Å². The Hall–Kier alpha value is -4.91. The number of halogens is 1. The summed E-state index contributed by atoms with van der Waals surface area (Å²) in [5, 5.41) is 2.99. The van der Waals surface area contributed by atoms with E-state index < -0.39 is 12.1 Å². The Morgan fingerprint density at radius 3 is 2.38 bits per heavy atom. The number of nitrogens with zero attached hydrogens (tertiary/aromatic N) is 2. The van der Waals surface area contributed by atoms with Gasteiger partial charge in [0.05, 0.1) is 18.8 Å². The maximum absolute atomic E-state index is 14.7. The molecule has 1 unspecified atom stereocenters. The quantitative estimate of drug-likeness (QED) is 0.280. The van der Waals surface area contributed by atoms with Crippen LogP contribution in [-0.4, -0.2) is 41.9 Å². The lowest BCUT2D eigenvalue weighted by atomic mass is 10.0. The molecule has 1 heterocycles. The van der Waals surface area contributed by atoms with E-state index >= 15 is 0 Å². The van der Waals surface area contributed by atoms with Crippen molar-refractivity contribution < 1.29 is 18.7 Å². The molecule has 0 spiro atoms. The first-order valence-electron chi connectivity index (χ1n) is 13.1. The maximum Gasteiger partial charge on any atom is 0.322 e. The lowest BCUT2D eigenvalue weighted by molar-refractivity contribution is -0.134. The number of amides is 3. The van der Waals surface area contributed by atoms with E-state index in [0.717, 1.165) is 16.7 Å². The van der Waals surface area contributed by atoms with Crippen LogP contribution in [0.3, 0.4) is 0 Å². The summed E-state index contributed by atoms with van der Waals surface area (Å²) in [6.07, 6.45) is 3.76. The number of carbonyl (C=O) groups excluding carboxylic acids is 2. The Labute approximate surface area is 233 Å². The molecule has 6 nitrogen and oxygen atoms in total. The van der Waals surface area contributed by atoms with E-state index in [9.17, 15) is 14.0 Å². The van der Waals surface area contributed by atoms with E-state index in [1.165, 1.54) is 11.0 Å². The van der Waals surface area contributed by atoms with Gasteiger partial charge in [0.1, 0.15) is 18.1 Å². The van der Waals surface area contributed by atoms with E-state index in [1.807, 2.05) is 91.0 Å². The average molecular weight is 536 g/mol. The zero-order valence-electron chi connectivity index (χ0n) is 22.2. The molecule has 5 rings (SSSR count). The summed E-state index contributed by atoms with van der Waals surface area (Å²) in [4.78, 5) is 30.3. The van der Waals surface area contributed by atoms with Crippen LogP contribution < -0.4 is 10.1 Å². The van der Waals surface area contributed by atoms with Crippen LogP contribution in [0.5, 0.6) is 5.75 Å². The summed E-state index contributed by atoms with van der Waals surface area (Å²) in [7, 11) is 1.59. The molecule has 1 N–H and O–H groups in total. The molecule has 0 fully saturated rings. The average Bonchev–Trinajstić information content (AvgIpc) is 2.98. The van der Waals surface area contributed by atoms with Gasteiger partial charge in [-0.25, -0.2) is 9.18 Å². The molecule has 1 aliphatic heterocycles. The van der Waals surface area contributed by atoms with Crippen LogP contribution in [0.2, 0.25) is 0 Å². The zero-order chi connectivity index (χ0) is 27.9. The van der Waals surface area contributed by atoms with Gasteiger partial charge in [-0.15, -0.1) is 0 Å². The van der Waals surface area contributed by atoms with Crippen molar-refractivity contribution in [1.29, 1.82) is 0 Å². The van der Waals surface area contributed by atoms with Gasteiger partial charge in [0.2, 0.25) is 5.91 Å². The van der Waals surface area contributed by atoms with Crippen molar-refractivity contribution in [2.24, 2.45) is 0 Å². The Bertz CT molecular complexity index is 1510. The maximum atomic E-state index is 14.7. The molecule has 0 aliphatic carbocycles. The fourth-order valence-electron chi connectivity index (χ4n) is 4.79. The topological polar surface area (TPSA) is 61.9 Å². The van der Waals surface area contributed by atoms with Crippen molar-refractivity contribution in [3.63, 3.8) is 0 Å². The molecule has 7 heteroatoms. The molecule has 1 atom stereocenters. The van der Waals surface area contributed by atoms with E-state index in [-0.39, 0.29) is 31.4 Å². The van der Waals surface area contributed by atoms with Crippen molar-refractivity contribution in [2.75, 3.05) is 25.5 Å². The molecule has 40 heavy (non-hydrogen) atoms. The predicted octanol–water partition coefficient (Wildman–Crippen LogP) is 6.68. The first-order valence-corrected chi connectivity index (χ1v) is 13.1. The van der Waals surface area contributed by atoms with Crippen LogP contribution in [0.25, 0.3) is 11.1 Å². The molecule has 0 aromatic heterocycles. The third-order valence-corrected chi connectivity index (χ3v) is 6.92. The minimum Gasteiger partial charge on any atom is -0.497 e. The molecule has 1 aliphatic rings. The smallest absolute Gasteiger partial charge is 0.322 e. The first kappa shape index (κ1) is 26.7. The van der Waals surface area contributed by atoms with Crippen LogP contribution >= 0.6 is 0 Å². The van der Waals surface area contributed by atoms with Gasteiger partial charge < -0.3 is 19.9 Å². The SMILES string of the molecule is COc1ccc(C2/C=C\CN(C(=O)Nc3ccccc3-c3ccccc3)CC(=O)N2Cc2ccccc2F)cc1. The molecule has 3 amide bonds. The summed E-state index contributed by atoms with van der Waals surface area (Å²) >= 11 is 0. The highest BCUT2D eigenvalue weighted by Crippen LogP contribution is 2.30. The molecular weight excluding hydrogens is 505 g/mol. The Balaban J connectivity index is 1.42. The lowest BCUT2D eigenvalue weighted by Gasteiger charge is -2.34. The van der Waals surface area contributed by atoms with E-state index in [2.05, 4.69) is 5.32 Å². The Kier molecular flexibility index (Phi) is 8.21. The molecule has 202 valence electrons. The van der Waals surface area contributed by atoms with Gasteiger partial charge in [0, 0.05) is 24.2 Å². The van der Waals surface area contributed by atoms with Crippen LogP contribution in [0, 0.1) is 5.82 Å². The highest BCUT2D eigenvalue weighted by atomic mass is 19.1. The number of hydrogen-bond acceptors (Lipinski definition) is 3. The normalized spacial score (nSPS) is 16.1. The summed E-state index contributed by atoms with van der Waals surface area (Å²) in [5.74, 6) is 0.0195. The lowest BCUT2D eigenvalue weighted by Crippen LogP contribution is -2.46. The highest BCUT2D eigenvalue weighted by molar-refractivity contribution is 5.96. The fraction of sp³-hybridized carbons (Fsp3) is 0.152. The van der Waals surface area contributed by atoms with Crippen LogP contribution in [-0.2, 0) is 11.3 Å². The molecule has 4 aromatic rings.